The molecule has 138 valence electrons. The first-order valence-corrected chi connectivity index (χ1v) is 9.41. The third-order valence-electron chi connectivity index (χ3n) is 4.45. The molecule has 1 amide bonds. The van der Waals surface area contributed by atoms with Crippen LogP contribution >= 0.6 is 11.6 Å². The molecule has 26 heavy (non-hydrogen) atoms. The van der Waals surface area contributed by atoms with Crippen LogP contribution in [0.2, 0.25) is 5.02 Å². The molecule has 0 saturated carbocycles. The lowest BCUT2D eigenvalue weighted by Gasteiger charge is -2.36. The Balaban J connectivity index is 1.54. The van der Waals surface area contributed by atoms with Crippen molar-refractivity contribution in [2.75, 3.05) is 42.9 Å². The van der Waals surface area contributed by atoms with Gasteiger partial charge in [0.1, 0.15) is 11.5 Å². The SMILES string of the molecule is CCCCNc1cnc(C(=O)N2CCN(c3cccc(Cl)c3)CC2)cn1. The summed E-state index contributed by atoms with van der Waals surface area (Å²) in [7, 11) is 0. The van der Waals surface area contributed by atoms with Crippen LogP contribution in [0.1, 0.15) is 30.3 Å². The molecule has 0 spiro atoms. The van der Waals surface area contributed by atoms with E-state index in [0.29, 0.717) is 24.6 Å². The lowest BCUT2D eigenvalue weighted by atomic mass is 10.2. The first-order chi connectivity index (χ1) is 12.7. The lowest BCUT2D eigenvalue weighted by Crippen LogP contribution is -2.49. The van der Waals surface area contributed by atoms with E-state index in [4.69, 9.17) is 11.6 Å². The molecule has 0 aliphatic carbocycles. The van der Waals surface area contributed by atoms with Crippen LogP contribution in [0, 0.1) is 0 Å². The van der Waals surface area contributed by atoms with Crippen molar-refractivity contribution in [2.24, 2.45) is 0 Å². The molecule has 6 nitrogen and oxygen atoms in total. The second kappa shape index (κ2) is 8.85. The van der Waals surface area contributed by atoms with Crippen LogP contribution in [0.3, 0.4) is 0 Å². The summed E-state index contributed by atoms with van der Waals surface area (Å²) >= 11 is 6.06. The summed E-state index contributed by atoms with van der Waals surface area (Å²) in [6.07, 6.45) is 5.39. The molecule has 1 saturated heterocycles. The predicted octanol–water partition coefficient (Wildman–Crippen LogP) is 3.30. The number of amides is 1. The van der Waals surface area contributed by atoms with Gasteiger partial charge in [-0.15, -0.1) is 0 Å². The normalized spacial score (nSPS) is 14.4. The zero-order valence-corrected chi connectivity index (χ0v) is 15.7. The van der Waals surface area contributed by atoms with Gasteiger partial charge in [0.05, 0.1) is 12.4 Å². The van der Waals surface area contributed by atoms with Gasteiger partial charge in [0, 0.05) is 43.4 Å². The van der Waals surface area contributed by atoms with Crippen LogP contribution in [0.4, 0.5) is 11.5 Å². The maximum Gasteiger partial charge on any atom is 0.274 e. The number of aromatic nitrogens is 2. The molecular weight excluding hydrogens is 350 g/mol. The highest BCUT2D eigenvalue weighted by atomic mass is 35.5. The Hall–Kier alpha value is -2.34. The van der Waals surface area contributed by atoms with Gasteiger partial charge in [-0.25, -0.2) is 9.97 Å². The third-order valence-corrected chi connectivity index (χ3v) is 4.68. The first kappa shape index (κ1) is 18.5. The molecule has 1 aliphatic heterocycles. The van der Waals surface area contributed by atoms with E-state index in [9.17, 15) is 4.79 Å². The van der Waals surface area contributed by atoms with E-state index >= 15 is 0 Å². The van der Waals surface area contributed by atoms with Crippen LogP contribution in [-0.2, 0) is 0 Å². The van der Waals surface area contributed by atoms with Gasteiger partial charge in [-0.1, -0.05) is 31.0 Å². The van der Waals surface area contributed by atoms with Crippen LogP contribution < -0.4 is 10.2 Å². The minimum Gasteiger partial charge on any atom is -0.369 e. The van der Waals surface area contributed by atoms with Gasteiger partial charge in [-0.3, -0.25) is 4.79 Å². The largest absolute Gasteiger partial charge is 0.369 e. The molecule has 2 heterocycles. The second-order valence-corrected chi connectivity index (χ2v) is 6.76. The van der Waals surface area contributed by atoms with Crippen molar-refractivity contribution in [3.05, 3.63) is 47.4 Å². The van der Waals surface area contributed by atoms with Crippen molar-refractivity contribution in [2.45, 2.75) is 19.8 Å². The monoisotopic (exact) mass is 373 g/mol. The number of benzene rings is 1. The van der Waals surface area contributed by atoms with Crippen molar-refractivity contribution in [1.82, 2.24) is 14.9 Å². The molecule has 1 fully saturated rings. The van der Waals surface area contributed by atoms with Crippen molar-refractivity contribution < 1.29 is 4.79 Å². The van der Waals surface area contributed by atoms with Crippen molar-refractivity contribution in [3.8, 4) is 0 Å². The minimum atomic E-state index is -0.0663. The Morgan fingerprint density at radius 1 is 1.19 bits per heavy atom. The van der Waals surface area contributed by atoms with Crippen LogP contribution in [0.5, 0.6) is 0 Å². The standard InChI is InChI=1S/C19H24ClN5O/c1-2-3-7-21-18-14-22-17(13-23-18)19(26)25-10-8-24(9-11-25)16-6-4-5-15(20)12-16/h4-6,12-14H,2-3,7-11H2,1H3,(H,21,23). The number of piperazine rings is 1. The van der Waals surface area contributed by atoms with E-state index in [-0.39, 0.29) is 5.91 Å². The van der Waals surface area contributed by atoms with Gasteiger partial charge in [0.2, 0.25) is 0 Å². The number of carbonyl (C=O) groups is 1. The number of nitrogens with zero attached hydrogens (tertiary/aromatic N) is 4. The molecular formula is C19H24ClN5O. The summed E-state index contributed by atoms with van der Waals surface area (Å²) < 4.78 is 0. The van der Waals surface area contributed by atoms with Crippen molar-refractivity contribution in [3.63, 3.8) is 0 Å². The predicted molar refractivity (Wildman–Crippen MR) is 105 cm³/mol. The smallest absolute Gasteiger partial charge is 0.274 e. The Morgan fingerprint density at radius 2 is 2.00 bits per heavy atom. The molecule has 0 bridgehead atoms. The first-order valence-electron chi connectivity index (χ1n) is 9.03. The maximum absolute atomic E-state index is 12.6. The number of carbonyl (C=O) groups excluding carboxylic acids is 1. The molecule has 0 atom stereocenters. The highest BCUT2D eigenvalue weighted by Gasteiger charge is 2.23. The van der Waals surface area contributed by atoms with Crippen molar-refractivity contribution in [1.29, 1.82) is 0 Å². The van der Waals surface area contributed by atoms with Crippen molar-refractivity contribution >= 4 is 29.0 Å². The summed E-state index contributed by atoms with van der Waals surface area (Å²) in [5.74, 6) is 0.643. The van der Waals surface area contributed by atoms with E-state index in [1.807, 2.05) is 29.2 Å². The number of unbranched alkanes of at least 4 members (excludes halogenated alkanes) is 1. The number of halogens is 1. The molecule has 3 rings (SSSR count). The van der Waals surface area contributed by atoms with Gasteiger partial charge >= 0.3 is 0 Å². The topological polar surface area (TPSA) is 61.4 Å². The van der Waals surface area contributed by atoms with Gasteiger partial charge < -0.3 is 15.1 Å². The summed E-state index contributed by atoms with van der Waals surface area (Å²) in [6, 6.07) is 7.80. The highest BCUT2D eigenvalue weighted by Crippen LogP contribution is 2.21. The van der Waals surface area contributed by atoms with E-state index < -0.39 is 0 Å². The molecule has 0 radical (unpaired) electrons. The zero-order chi connectivity index (χ0) is 18.4. The van der Waals surface area contributed by atoms with E-state index in [1.165, 1.54) is 0 Å². The number of anilines is 2. The number of rotatable bonds is 6. The summed E-state index contributed by atoms with van der Waals surface area (Å²) in [4.78, 5) is 25.3. The molecule has 7 heteroatoms. The Bertz CT molecular complexity index is 729. The van der Waals surface area contributed by atoms with Crippen LogP contribution in [0.15, 0.2) is 36.7 Å². The zero-order valence-electron chi connectivity index (χ0n) is 15.0. The van der Waals surface area contributed by atoms with E-state index in [2.05, 4.69) is 27.1 Å². The number of nitrogens with one attached hydrogen (secondary N) is 1. The lowest BCUT2D eigenvalue weighted by molar-refractivity contribution is 0.0740. The van der Waals surface area contributed by atoms with Gasteiger partial charge in [-0.2, -0.15) is 0 Å². The highest BCUT2D eigenvalue weighted by molar-refractivity contribution is 6.30. The summed E-state index contributed by atoms with van der Waals surface area (Å²) in [5.41, 5.74) is 1.48. The van der Waals surface area contributed by atoms with Crippen LogP contribution in [-0.4, -0.2) is 53.5 Å². The Labute approximate surface area is 159 Å². The Morgan fingerprint density at radius 3 is 2.65 bits per heavy atom. The van der Waals surface area contributed by atoms with Gasteiger partial charge in [-0.05, 0) is 24.6 Å². The third kappa shape index (κ3) is 4.64. The molecule has 1 aromatic carbocycles. The summed E-state index contributed by atoms with van der Waals surface area (Å²) in [6.45, 7) is 5.87. The molecule has 0 unspecified atom stereocenters. The maximum atomic E-state index is 12.6. The minimum absolute atomic E-state index is 0.0663. The molecule has 1 N–H and O–H groups in total. The number of hydrogen-bond donors (Lipinski definition) is 1. The fourth-order valence-electron chi connectivity index (χ4n) is 2.93. The van der Waals surface area contributed by atoms with Crippen LogP contribution in [0.25, 0.3) is 0 Å². The Kier molecular flexibility index (Phi) is 6.28. The quantitative estimate of drug-likeness (QED) is 0.787. The van der Waals surface area contributed by atoms with Gasteiger partial charge in [0.15, 0.2) is 0 Å². The molecule has 1 aliphatic rings. The molecule has 2 aromatic rings. The fraction of sp³-hybridized carbons (Fsp3) is 0.421. The fourth-order valence-corrected chi connectivity index (χ4v) is 3.11. The average Bonchev–Trinajstić information content (AvgIpc) is 2.68. The summed E-state index contributed by atoms with van der Waals surface area (Å²) in [5, 5.41) is 3.93. The van der Waals surface area contributed by atoms with Gasteiger partial charge in [0.25, 0.3) is 5.91 Å². The van der Waals surface area contributed by atoms with E-state index in [0.717, 1.165) is 43.2 Å². The average molecular weight is 374 g/mol. The number of hydrogen-bond acceptors (Lipinski definition) is 5. The van der Waals surface area contributed by atoms with E-state index in [1.54, 1.807) is 12.4 Å². The molecule has 1 aromatic heterocycles. The second-order valence-electron chi connectivity index (χ2n) is 6.33.